The van der Waals surface area contributed by atoms with Gasteiger partial charge in [0.05, 0.1) is 51.7 Å². The van der Waals surface area contributed by atoms with Crippen LogP contribution in [0.1, 0.15) is 126 Å². The highest BCUT2D eigenvalue weighted by atomic mass is 19.3. The molecule has 0 amide bonds. The number of rotatable bonds is 4. The van der Waals surface area contributed by atoms with E-state index in [1.54, 1.807) is 29.3 Å². The van der Waals surface area contributed by atoms with Gasteiger partial charge in [0.25, 0.3) is 6.43 Å². The molecule has 15 rings (SSSR count). The number of aromatic nitrogens is 16. The molecule has 486 valence electrons. The summed E-state index contributed by atoms with van der Waals surface area (Å²) in [5.41, 5.74) is 41.4. The molecular weight excluding hydrogens is 1200 g/mol. The van der Waals surface area contributed by atoms with Crippen LogP contribution in [0.3, 0.4) is 0 Å². The van der Waals surface area contributed by atoms with E-state index in [1.165, 1.54) is 4.68 Å². The molecule has 3 unspecified atom stereocenters. The van der Waals surface area contributed by atoms with Crippen molar-refractivity contribution in [2.45, 2.75) is 126 Å². The summed E-state index contributed by atoms with van der Waals surface area (Å²) < 4.78 is 56.7. The fraction of sp³-hybridized carbons (Fsp3) is 0.296. The molecule has 12 aromatic rings. The molecule has 95 heavy (non-hydrogen) atoms. The smallest absolute Gasteiger partial charge is 0.257 e. The second kappa shape index (κ2) is 25.5. The van der Waals surface area contributed by atoms with Gasteiger partial charge in [0.1, 0.15) is 24.9 Å². The number of ether oxygens (including phenoxy) is 3. The zero-order chi connectivity index (χ0) is 66.7. The fourth-order valence-corrected chi connectivity index (χ4v) is 13.0. The van der Waals surface area contributed by atoms with Gasteiger partial charge in [-0.3, -0.25) is 18.7 Å². The van der Waals surface area contributed by atoms with Crippen LogP contribution >= 0.6 is 0 Å². The minimum atomic E-state index is -2.55. The zero-order valence-corrected chi connectivity index (χ0v) is 55.0. The largest absolute Gasteiger partial charge is 0.482 e. The standard InChI is InChI=1S/C25H26F2N6O.C23H25N7O.C23H24N6O/c1-13-5-6-18-20(7-13)15(3)34-21-9-16(10-29-25(21)28)24-19(8-17-11-32(4)31-23(17)18)14(2)30-33(24)12-22(26)27;1-5-30-22-15-10-20(23(24)25-11-15)31-14(3)18-8-13(2)6-7-17(18)21-16(12-29(4)27-21)9-19(22)26-28-30;1-4-28-22-16(13-27-28)10-18-7-8-26-29(18)20-6-5-14(2)9-19(20)15(3)30-21-11-17(22)12-25-23(21)24/h5-7,9-11,15,22H,8,12H2,1-4H3,(H2,28,29);6-8,10-12,14H,5,9H2,1-4H3,(H2,24,25);5-9,11-13,15H,4,10H2,1-3H3,(H2,24,25). The summed E-state index contributed by atoms with van der Waals surface area (Å²) in [5, 5.41) is 32.1. The number of hydrogen-bond acceptors (Lipinski definition) is 16. The second-order valence-corrected chi connectivity index (χ2v) is 24.5. The molecule has 24 heteroatoms. The van der Waals surface area contributed by atoms with Crippen LogP contribution in [0, 0.1) is 27.7 Å². The Bertz CT molecular complexity index is 4880. The summed E-state index contributed by atoms with van der Waals surface area (Å²) >= 11 is 0. The average Bonchev–Trinajstić information content (AvgIpc) is 1.69. The molecule has 0 spiro atoms. The lowest BCUT2D eigenvalue weighted by Gasteiger charge is -2.22. The summed E-state index contributed by atoms with van der Waals surface area (Å²) in [5.74, 6) is 2.49. The van der Waals surface area contributed by atoms with Gasteiger partial charge in [-0.1, -0.05) is 70.4 Å². The molecule has 3 aromatic carbocycles. The van der Waals surface area contributed by atoms with Gasteiger partial charge in [-0.25, -0.2) is 33.1 Å². The van der Waals surface area contributed by atoms with Crippen molar-refractivity contribution in [3.05, 3.63) is 195 Å². The van der Waals surface area contributed by atoms with Gasteiger partial charge in [-0.2, -0.15) is 25.5 Å². The number of nitrogens with two attached hydrogens (primary N) is 3. The number of benzene rings is 3. The van der Waals surface area contributed by atoms with Crippen molar-refractivity contribution < 1.29 is 23.0 Å². The molecule has 6 bridgehead atoms. The molecule has 0 saturated heterocycles. The molecule has 9 aromatic heterocycles. The Morgan fingerprint density at radius 1 is 0.537 bits per heavy atom. The van der Waals surface area contributed by atoms with Crippen LogP contribution in [0.25, 0.3) is 62.0 Å². The highest BCUT2D eigenvalue weighted by Crippen LogP contribution is 2.43. The molecule has 3 atom stereocenters. The van der Waals surface area contributed by atoms with Crippen LogP contribution < -0.4 is 31.4 Å². The van der Waals surface area contributed by atoms with Crippen LogP contribution in [0.2, 0.25) is 0 Å². The van der Waals surface area contributed by atoms with E-state index in [9.17, 15) is 8.78 Å². The van der Waals surface area contributed by atoms with Gasteiger partial charge in [-0.05, 0) is 92.6 Å². The quantitative estimate of drug-likeness (QED) is 0.148. The van der Waals surface area contributed by atoms with Gasteiger partial charge < -0.3 is 31.4 Å². The third-order valence-corrected chi connectivity index (χ3v) is 17.5. The Labute approximate surface area is 548 Å². The fourth-order valence-electron chi connectivity index (χ4n) is 13.0. The number of fused-ring (bicyclic) bond motifs is 21. The molecule has 3 aliphatic rings. The Hall–Kier alpha value is -11.0. The first-order valence-electron chi connectivity index (χ1n) is 31.7. The Morgan fingerprint density at radius 3 is 1.59 bits per heavy atom. The number of anilines is 3. The van der Waals surface area contributed by atoms with Gasteiger partial charge in [0.2, 0.25) is 0 Å². The highest BCUT2D eigenvalue weighted by molar-refractivity contribution is 5.75. The van der Waals surface area contributed by atoms with Crippen LogP contribution in [0.5, 0.6) is 17.2 Å². The van der Waals surface area contributed by atoms with Crippen LogP contribution in [0.15, 0.2) is 122 Å². The topological polar surface area (TPSA) is 264 Å². The summed E-state index contributed by atoms with van der Waals surface area (Å²) in [4.78, 5) is 13.1. The first-order chi connectivity index (χ1) is 45.7. The maximum Gasteiger partial charge on any atom is 0.257 e. The third-order valence-electron chi connectivity index (χ3n) is 17.5. The molecular formula is C71H75F2N19O3. The van der Waals surface area contributed by atoms with Crippen molar-refractivity contribution in [2.24, 2.45) is 14.1 Å². The molecule has 22 nitrogen and oxygen atoms in total. The minimum absolute atomic E-state index is 0.230. The first kappa shape index (κ1) is 62.8. The molecule has 0 aliphatic carbocycles. The van der Waals surface area contributed by atoms with Gasteiger partial charge in [-0.15, -0.1) is 5.10 Å². The summed E-state index contributed by atoms with van der Waals surface area (Å²) in [6, 6.07) is 26.6. The lowest BCUT2D eigenvalue weighted by molar-refractivity contribution is 0.122. The number of hydrogen-bond donors (Lipinski definition) is 3. The molecule has 0 radical (unpaired) electrons. The van der Waals surface area contributed by atoms with Crippen molar-refractivity contribution in [1.82, 2.24) is 78.8 Å². The van der Waals surface area contributed by atoms with E-state index in [1.807, 2.05) is 117 Å². The van der Waals surface area contributed by atoms with Crippen molar-refractivity contribution in [2.75, 3.05) is 17.2 Å². The van der Waals surface area contributed by atoms with E-state index in [2.05, 4.69) is 116 Å². The lowest BCUT2D eigenvalue weighted by atomic mass is 9.93. The zero-order valence-electron chi connectivity index (χ0n) is 55.0. The SMILES string of the molecule is CCn1ncc2c1-c1cnc(N)c(c1)OC(C)c1cc(C)ccc1-n1nccc1C2.CCn1nnc2c1-c1cnc(N)c(c1)OC(C)c1cc(C)ccc1-c1nn(C)cc1C2.Cc1ccc2c(c1)C(C)Oc1cc(cnc1N)-c1c(c(C)nn1CC(F)F)Cc1cn(C)nc1-2. The predicted molar refractivity (Wildman–Crippen MR) is 360 cm³/mol. The monoisotopic (exact) mass is 1280 g/mol. The summed E-state index contributed by atoms with van der Waals surface area (Å²) in [7, 11) is 3.82. The summed E-state index contributed by atoms with van der Waals surface area (Å²) in [6.45, 7) is 19.1. The maximum atomic E-state index is 13.4. The van der Waals surface area contributed by atoms with Crippen molar-refractivity contribution in [3.8, 4) is 79.2 Å². The average molecular weight is 1280 g/mol. The maximum absolute atomic E-state index is 13.4. The van der Waals surface area contributed by atoms with Gasteiger partial charge in [0, 0.05) is 156 Å². The predicted octanol–water partition coefficient (Wildman–Crippen LogP) is 12.6. The number of alkyl halides is 2. The molecule has 0 fully saturated rings. The van der Waals surface area contributed by atoms with E-state index in [-0.39, 0.29) is 24.1 Å². The molecule has 12 heterocycles. The summed E-state index contributed by atoms with van der Waals surface area (Å²) in [6.07, 6.45) is 11.4. The number of aryl methyl sites for hydroxylation is 8. The number of nitrogens with zero attached hydrogens (tertiary/aromatic N) is 16. The van der Waals surface area contributed by atoms with Crippen molar-refractivity contribution >= 4 is 17.5 Å². The molecule has 3 aliphatic heterocycles. The van der Waals surface area contributed by atoms with E-state index in [0.717, 1.165) is 124 Å². The number of halogens is 2. The van der Waals surface area contributed by atoms with Gasteiger partial charge in [0.15, 0.2) is 34.7 Å². The Kier molecular flexibility index (Phi) is 16.8. The second-order valence-electron chi connectivity index (χ2n) is 24.5. The van der Waals surface area contributed by atoms with E-state index < -0.39 is 13.0 Å². The van der Waals surface area contributed by atoms with Crippen molar-refractivity contribution in [3.63, 3.8) is 0 Å². The Balaban J connectivity index is 0.000000129. The van der Waals surface area contributed by atoms with Crippen LogP contribution in [-0.4, -0.2) is 85.3 Å². The van der Waals surface area contributed by atoms with E-state index >= 15 is 0 Å². The van der Waals surface area contributed by atoms with Crippen LogP contribution in [-0.2, 0) is 53.0 Å². The molecule has 0 saturated carbocycles. The number of nitrogen functional groups attached to an aromatic ring is 3. The van der Waals surface area contributed by atoms with Crippen molar-refractivity contribution in [1.29, 1.82) is 0 Å². The first-order valence-corrected chi connectivity index (χ1v) is 31.7. The highest BCUT2D eigenvalue weighted by Gasteiger charge is 2.30. The Morgan fingerprint density at radius 2 is 1.04 bits per heavy atom. The third kappa shape index (κ3) is 12.2. The van der Waals surface area contributed by atoms with Gasteiger partial charge >= 0.3 is 0 Å². The number of pyridine rings is 3. The minimum Gasteiger partial charge on any atom is -0.482 e. The van der Waals surface area contributed by atoms with E-state index in [4.69, 9.17) is 41.6 Å². The lowest BCUT2D eigenvalue weighted by Crippen LogP contribution is -2.13. The molecule has 6 N–H and O–H groups in total. The normalized spacial score (nSPS) is 15.2. The van der Waals surface area contributed by atoms with Crippen LogP contribution in [0.4, 0.5) is 26.2 Å². The van der Waals surface area contributed by atoms with E-state index in [0.29, 0.717) is 71.6 Å².